The molecule has 5 heteroatoms. The highest BCUT2D eigenvalue weighted by atomic mass is 15.4. The zero-order valence-corrected chi connectivity index (χ0v) is 17.9. The number of likely N-dealkylation sites (tertiary alicyclic amines) is 1. The van der Waals surface area contributed by atoms with E-state index in [0.29, 0.717) is 5.92 Å². The molecule has 0 saturated carbocycles. The molecule has 0 aliphatic carbocycles. The third kappa shape index (κ3) is 4.06. The fraction of sp³-hybridized carbons (Fsp3) is 0.320. The summed E-state index contributed by atoms with van der Waals surface area (Å²) < 4.78 is 0. The minimum atomic E-state index is 0.406. The van der Waals surface area contributed by atoms with E-state index in [1.165, 1.54) is 16.7 Å². The largest absolute Gasteiger partial charge is 0.342 e. The lowest BCUT2D eigenvalue weighted by atomic mass is 9.87. The molecule has 0 radical (unpaired) electrons. The van der Waals surface area contributed by atoms with Gasteiger partial charge < -0.3 is 9.80 Å². The van der Waals surface area contributed by atoms with Crippen molar-refractivity contribution in [2.75, 3.05) is 20.1 Å². The highest BCUT2D eigenvalue weighted by Crippen LogP contribution is 2.32. The second-order valence-corrected chi connectivity index (χ2v) is 7.95. The summed E-state index contributed by atoms with van der Waals surface area (Å²) in [6, 6.07) is 10.7. The molecule has 3 heterocycles. The van der Waals surface area contributed by atoms with E-state index in [4.69, 9.17) is 4.99 Å². The first-order chi connectivity index (χ1) is 14.6. The van der Waals surface area contributed by atoms with Crippen molar-refractivity contribution in [1.29, 1.82) is 0 Å². The molecule has 0 spiro atoms. The summed E-state index contributed by atoms with van der Waals surface area (Å²) in [6.45, 7) is 12.7. The fourth-order valence-electron chi connectivity index (χ4n) is 4.09. The van der Waals surface area contributed by atoms with Crippen LogP contribution in [0.5, 0.6) is 0 Å². The van der Waals surface area contributed by atoms with Gasteiger partial charge in [-0.2, -0.15) is 0 Å². The molecule has 2 aromatic rings. The van der Waals surface area contributed by atoms with Crippen molar-refractivity contribution in [3.05, 3.63) is 84.6 Å². The summed E-state index contributed by atoms with van der Waals surface area (Å²) in [4.78, 5) is 17.7. The Morgan fingerprint density at radius 3 is 2.70 bits per heavy atom. The average molecular weight is 400 g/mol. The second kappa shape index (κ2) is 8.66. The summed E-state index contributed by atoms with van der Waals surface area (Å²) in [5.41, 5.74) is 6.36. The number of nitrogens with zero attached hydrogens (tertiary/aromatic N) is 5. The Bertz CT molecular complexity index is 988. The van der Waals surface area contributed by atoms with Crippen molar-refractivity contribution < 1.29 is 0 Å². The van der Waals surface area contributed by atoms with Gasteiger partial charge in [0.15, 0.2) is 0 Å². The minimum absolute atomic E-state index is 0.406. The molecule has 1 aromatic heterocycles. The Morgan fingerprint density at radius 1 is 1.20 bits per heavy atom. The molecular weight excluding hydrogens is 370 g/mol. The minimum Gasteiger partial charge on any atom is -0.342 e. The molecule has 1 unspecified atom stereocenters. The van der Waals surface area contributed by atoms with Gasteiger partial charge in [-0.3, -0.25) is 0 Å². The summed E-state index contributed by atoms with van der Waals surface area (Å²) in [5.74, 6) is 1.33. The van der Waals surface area contributed by atoms with Crippen molar-refractivity contribution in [3.63, 3.8) is 0 Å². The van der Waals surface area contributed by atoms with Crippen LogP contribution in [0.15, 0.2) is 72.8 Å². The fourth-order valence-corrected chi connectivity index (χ4v) is 4.09. The predicted octanol–water partition coefficient (Wildman–Crippen LogP) is 4.62. The molecule has 1 aromatic carbocycles. The quantitative estimate of drug-likeness (QED) is 0.752. The number of piperidine rings is 1. The molecule has 2 aliphatic rings. The molecule has 30 heavy (non-hydrogen) atoms. The van der Waals surface area contributed by atoms with Crippen LogP contribution in [0.2, 0.25) is 0 Å². The van der Waals surface area contributed by atoms with Gasteiger partial charge in [0, 0.05) is 37.9 Å². The highest BCUT2D eigenvalue weighted by Gasteiger charge is 2.29. The zero-order valence-electron chi connectivity index (χ0n) is 17.9. The van der Waals surface area contributed by atoms with Crippen molar-refractivity contribution in [2.24, 2.45) is 10.9 Å². The molecule has 0 bridgehead atoms. The zero-order chi connectivity index (χ0) is 21.1. The number of allylic oxidation sites excluding steroid dienone is 1. The van der Waals surface area contributed by atoms with Crippen LogP contribution < -0.4 is 0 Å². The third-order valence-electron chi connectivity index (χ3n) is 6.03. The van der Waals surface area contributed by atoms with E-state index in [-0.39, 0.29) is 0 Å². The van der Waals surface area contributed by atoms with E-state index in [1.54, 1.807) is 12.5 Å². The van der Waals surface area contributed by atoms with E-state index in [2.05, 4.69) is 64.1 Å². The molecule has 2 aliphatic heterocycles. The Morgan fingerprint density at radius 2 is 2.00 bits per heavy atom. The van der Waals surface area contributed by atoms with Crippen molar-refractivity contribution in [1.82, 2.24) is 19.8 Å². The smallest absolute Gasteiger partial charge is 0.206 e. The van der Waals surface area contributed by atoms with Gasteiger partial charge in [-0.25, -0.2) is 15.0 Å². The number of guanidine groups is 1. The van der Waals surface area contributed by atoms with Gasteiger partial charge in [-0.15, -0.1) is 0 Å². The molecule has 1 saturated heterocycles. The van der Waals surface area contributed by atoms with Crippen molar-refractivity contribution >= 4 is 17.2 Å². The van der Waals surface area contributed by atoms with Crippen LogP contribution in [0.1, 0.15) is 36.6 Å². The Balaban J connectivity index is 1.55. The van der Waals surface area contributed by atoms with Crippen LogP contribution in [0.4, 0.5) is 0 Å². The van der Waals surface area contributed by atoms with Crippen LogP contribution >= 0.6 is 0 Å². The lowest BCUT2D eigenvalue weighted by molar-refractivity contribution is 0.275. The molecule has 0 amide bonds. The van der Waals surface area contributed by atoms with E-state index in [9.17, 15) is 0 Å². The van der Waals surface area contributed by atoms with Crippen LogP contribution in [0.25, 0.3) is 11.3 Å². The number of aliphatic imine (C=N–C) groups is 1. The van der Waals surface area contributed by atoms with Crippen LogP contribution in [0, 0.1) is 5.92 Å². The van der Waals surface area contributed by atoms with E-state index < -0.39 is 0 Å². The lowest BCUT2D eigenvalue weighted by Gasteiger charge is -2.40. The van der Waals surface area contributed by atoms with Gasteiger partial charge in [-0.1, -0.05) is 44.3 Å². The van der Waals surface area contributed by atoms with Gasteiger partial charge in [-0.05, 0) is 48.1 Å². The molecular formula is C25H29N5. The second-order valence-electron chi connectivity index (χ2n) is 7.95. The Labute approximate surface area is 179 Å². The summed E-state index contributed by atoms with van der Waals surface area (Å²) in [7, 11) is 2.02. The first-order valence-corrected chi connectivity index (χ1v) is 10.6. The maximum absolute atomic E-state index is 4.95. The number of aromatic nitrogens is 2. The van der Waals surface area contributed by atoms with Crippen LogP contribution in [-0.2, 0) is 6.42 Å². The van der Waals surface area contributed by atoms with E-state index in [0.717, 1.165) is 55.4 Å². The number of hydrogen-bond donors (Lipinski definition) is 0. The maximum Gasteiger partial charge on any atom is 0.206 e. The Kier molecular flexibility index (Phi) is 5.79. The summed E-state index contributed by atoms with van der Waals surface area (Å²) >= 11 is 0. The van der Waals surface area contributed by atoms with E-state index >= 15 is 0 Å². The maximum atomic E-state index is 4.95. The predicted molar refractivity (Wildman–Crippen MR) is 123 cm³/mol. The van der Waals surface area contributed by atoms with Gasteiger partial charge >= 0.3 is 0 Å². The first kappa shape index (κ1) is 20.1. The highest BCUT2D eigenvalue weighted by molar-refractivity contribution is 5.91. The molecule has 1 fully saturated rings. The number of rotatable bonds is 4. The number of aryl methyl sites for hydroxylation is 1. The Hall–Kier alpha value is -3.21. The topological polar surface area (TPSA) is 44.6 Å². The molecule has 154 valence electrons. The number of hydrogen-bond acceptors (Lipinski definition) is 5. The van der Waals surface area contributed by atoms with E-state index in [1.807, 2.05) is 19.2 Å². The molecule has 0 N–H and O–H groups in total. The standard InChI is InChI=1S/C25H29N5/c1-5-20-8-10-21(11-9-20)19(3)22-7-6-14-30(16-22)25-28-24(15-18(2)29(25)4)23-12-13-26-17-27-23/h8-13,15,17,22H,2-3,5-7,14,16H2,1,4H3. The van der Waals surface area contributed by atoms with Crippen LogP contribution in [-0.4, -0.2) is 45.9 Å². The van der Waals surface area contributed by atoms with Gasteiger partial charge in [0.05, 0.1) is 11.4 Å². The molecule has 5 nitrogen and oxygen atoms in total. The van der Waals surface area contributed by atoms with Crippen molar-refractivity contribution in [2.45, 2.75) is 26.2 Å². The molecule has 1 atom stereocenters. The normalized spacial score (nSPS) is 19.4. The lowest BCUT2D eigenvalue weighted by Crippen LogP contribution is -2.47. The third-order valence-corrected chi connectivity index (χ3v) is 6.03. The van der Waals surface area contributed by atoms with Gasteiger partial charge in [0.25, 0.3) is 0 Å². The first-order valence-electron chi connectivity index (χ1n) is 10.6. The van der Waals surface area contributed by atoms with Gasteiger partial charge in [0.2, 0.25) is 5.96 Å². The monoisotopic (exact) mass is 399 g/mol. The number of benzene rings is 1. The van der Waals surface area contributed by atoms with Crippen molar-refractivity contribution in [3.8, 4) is 0 Å². The molecule has 4 rings (SSSR count). The van der Waals surface area contributed by atoms with Gasteiger partial charge in [0.1, 0.15) is 6.33 Å². The summed E-state index contributed by atoms with van der Waals surface area (Å²) in [6.07, 6.45) is 8.59. The SMILES string of the molecule is C=C(c1ccc(CC)cc1)C1CCCN(C2=NC(c3ccncn3)=CC(=C)N2C)C1. The van der Waals surface area contributed by atoms with Crippen LogP contribution in [0.3, 0.4) is 0 Å². The number of likely N-dealkylation sites (N-methyl/N-ethyl adjacent to an activating group) is 1. The summed E-state index contributed by atoms with van der Waals surface area (Å²) in [5, 5.41) is 0. The average Bonchev–Trinajstić information content (AvgIpc) is 2.81.